The number of carbonyl (C=O) groups is 2. The Kier molecular flexibility index (Phi) is 8.28. The Balaban J connectivity index is 2.11. The fourth-order valence-electron chi connectivity index (χ4n) is 5.04. The van der Waals surface area contributed by atoms with Gasteiger partial charge in [-0.15, -0.1) is 0 Å². The molecule has 3 rings (SSSR count). The molecule has 1 fully saturated rings. The average molecular weight is 583 g/mol. The van der Waals surface area contributed by atoms with Crippen molar-refractivity contribution in [1.82, 2.24) is 4.90 Å². The minimum Gasteiger partial charge on any atom is -0.325 e. The Labute approximate surface area is 223 Å². The van der Waals surface area contributed by atoms with E-state index in [1.54, 1.807) is 32.0 Å². The van der Waals surface area contributed by atoms with Gasteiger partial charge in [-0.05, 0) is 50.2 Å². The van der Waals surface area contributed by atoms with Crippen LogP contribution in [0.4, 0.5) is 50.9 Å². The second-order valence-electron chi connectivity index (χ2n) is 10.1. The van der Waals surface area contributed by atoms with Crippen molar-refractivity contribution in [2.24, 2.45) is 11.3 Å². The Morgan fingerprint density at radius 2 is 1.48 bits per heavy atom. The summed E-state index contributed by atoms with van der Waals surface area (Å²) in [6.07, 6.45) is -15.1. The minimum absolute atomic E-state index is 0.118. The number of hydrogen-bond donors (Lipinski definition) is 1. The van der Waals surface area contributed by atoms with Gasteiger partial charge in [0.15, 0.2) is 0 Å². The standard InChI is InChI=1S/C26H26F9N3O2/c1-14-6-5-7-15(2)20(14)38-12-23(16(3)21(38)39,11-37(4)13-24(27,28)29)22(40)36-19-9-17(25(30,31)32)8-18(10-19)26(33,34)35/h5-10,16H,11-13H2,1-4H3,(H,36,40)/t16?,23-/m1/s1. The van der Waals surface area contributed by atoms with Crippen LogP contribution >= 0.6 is 0 Å². The second-order valence-corrected chi connectivity index (χ2v) is 10.1. The Morgan fingerprint density at radius 3 is 1.93 bits per heavy atom. The lowest BCUT2D eigenvalue weighted by Gasteiger charge is -2.35. The summed E-state index contributed by atoms with van der Waals surface area (Å²) in [7, 11) is 1.05. The van der Waals surface area contributed by atoms with Crippen molar-refractivity contribution in [2.45, 2.75) is 39.3 Å². The molecule has 0 radical (unpaired) electrons. The second kappa shape index (κ2) is 10.6. The monoisotopic (exact) mass is 583 g/mol. The van der Waals surface area contributed by atoms with Crippen molar-refractivity contribution < 1.29 is 49.1 Å². The third kappa shape index (κ3) is 6.53. The van der Waals surface area contributed by atoms with Gasteiger partial charge >= 0.3 is 18.5 Å². The normalized spacial score (nSPS) is 20.4. The molecule has 2 aromatic carbocycles. The van der Waals surface area contributed by atoms with Crippen molar-refractivity contribution in [3.63, 3.8) is 0 Å². The van der Waals surface area contributed by atoms with E-state index in [2.05, 4.69) is 0 Å². The largest absolute Gasteiger partial charge is 0.416 e. The van der Waals surface area contributed by atoms with E-state index in [0.29, 0.717) is 28.9 Å². The summed E-state index contributed by atoms with van der Waals surface area (Å²) in [5, 5.41) is 2.04. The number of benzene rings is 2. The summed E-state index contributed by atoms with van der Waals surface area (Å²) >= 11 is 0. The number of para-hydroxylation sites is 1. The molecule has 0 spiro atoms. The molecule has 2 atom stereocenters. The molecule has 1 aliphatic heterocycles. The zero-order valence-electron chi connectivity index (χ0n) is 21.8. The van der Waals surface area contributed by atoms with Crippen molar-refractivity contribution in [3.8, 4) is 0 Å². The lowest BCUT2D eigenvalue weighted by Crippen LogP contribution is -2.51. The quantitative estimate of drug-likeness (QED) is 0.399. The maximum Gasteiger partial charge on any atom is 0.416 e. The molecule has 1 heterocycles. The van der Waals surface area contributed by atoms with Crippen molar-refractivity contribution in [2.75, 3.05) is 36.9 Å². The molecular formula is C26H26F9N3O2. The van der Waals surface area contributed by atoms with E-state index in [1.165, 1.54) is 11.8 Å². The van der Waals surface area contributed by atoms with E-state index in [9.17, 15) is 49.1 Å². The topological polar surface area (TPSA) is 52.6 Å². The number of halogens is 9. The highest BCUT2D eigenvalue weighted by Crippen LogP contribution is 2.44. The van der Waals surface area contributed by atoms with E-state index in [4.69, 9.17) is 0 Å². The van der Waals surface area contributed by atoms with Gasteiger partial charge in [-0.3, -0.25) is 14.5 Å². The van der Waals surface area contributed by atoms with Crippen LogP contribution in [0.1, 0.15) is 29.2 Å². The number of rotatable bonds is 6. The third-order valence-electron chi connectivity index (χ3n) is 6.91. The van der Waals surface area contributed by atoms with Gasteiger partial charge in [0.2, 0.25) is 11.8 Å². The predicted octanol–water partition coefficient (Wildman–Crippen LogP) is 6.44. The SMILES string of the molecule is Cc1cccc(C)c1N1C[C@@](CN(C)CC(F)(F)F)(C(=O)Nc2cc(C(F)(F)F)cc(C(F)(F)F)c2)C(C)C1=O. The van der Waals surface area contributed by atoms with Gasteiger partial charge < -0.3 is 10.2 Å². The Morgan fingerprint density at radius 1 is 0.975 bits per heavy atom. The molecule has 2 amide bonds. The summed E-state index contributed by atoms with van der Waals surface area (Å²) in [5.74, 6) is -3.10. The van der Waals surface area contributed by atoms with Gasteiger partial charge in [0.05, 0.1) is 29.0 Å². The molecule has 40 heavy (non-hydrogen) atoms. The Hall–Kier alpha value is -3.29. The fraction of sp³-hybridized carbons (Fsp3) is 0.462. The molecule has 0 aromatic heterocycles. The van der Waals surface area contributed by atoms with Gasteiger partial charge in [0.1, 0.15) is 0 Å². The van der Waals surface area contributed by atoms with Gasteiger partial charge in [0.25, 0.3) is 0 Å². The molecule has 0 aliphatic carbocycles. The van der Waals surface area contributed by atoms with Gasteiger partial charge in [-0.25, -0.2) is 0 Å². The summed E-state index contributed by atoms with van der Waals surface area (Å²) < 4.78 is 120. The van der Waals surface area contributed by atoms with Crippen LogP contribution in [0.3, 0.4) is 0 Å². The maximum atomic E-state index is 13.7. The molecule has 0 saturated carbocycles. The van der Waals surface area contributed by atoms with Gasteiger partial charge in [-0.1, -0.05) is 25.1 Å². The van der Waals surface area contributed by atoms with E-state index >= 15 is 0 Å². The first-order chi connectivity index (χ1) is 18.2. The van der Waals surface area contributed by atoms with E-state index in [-0.39, 0.29) is 6.07 Å². The molecule has 0 bridgehead atoms. The first kappa shape index (κ1) is 31.2. The fourth-order valence-corrected chi connectivity index (χ4v) is 5.04. The van der Waals surface area contributed by atoms with Crippen LogP contribution in [-0.2, 0) is 21.9 Å². The van der Waals surface area contributed by atoms with Crippen LogP contribution in [0.15, 0.2) is 36.4 Å². The molecule has 5 nitrogen and oxygen atoms in total. The molecule has 220 valence electrons. The van der Waals surface area contributed by atoms with E-state index in [0.717, 1.165) is 11.9 Å². The zero-order chi connectivity index (χ0) is 30.4. The summed E-state index contributed by atoms with van der Waals surface area (Å²) in [4.78, 5) is 29.1. The highest BCUT2D eigenvalue weighted by Gasteiger charge is 2.56. The van der Waals surface area contributed by atoms with Crippen LogP contribution < -0.4 is 10.2 Å². The number of hydrogen-bond acceptors (Lipinski definition) is 3. The molecule has 1 aliphatic rings. The van der Waals surface area contributed by atoms with Crippen LogP contribution in [-0.4, -0.2) is 49.6 Å². The third-order valence-corrected chi connectivity index (χ3v) is 6.91. The number of carbonyl (C=O) groups excluding carboxylic acids is 2. The number of amides is 2. The van der Waals surface area contributed by atoms with Crippen molar-refractivity contribution in [1.29, 1.82) is 0 Å². The van der Waals surface area contributed by atoms with E-state index in [1.807, 2.05) is 5.32 Å². The highest BCUT2D eigenvalue weighted by molar-refractivity contribution is 6.08. The van der Waals surface area contributed by atoms with Crippen LogP contribution in [0.5, 0.6) is 0 Å². The molecule has 14 heteroatoms. The molecule has 1 saturated heterocycles. The molecule has 1 unspecified atom stereocenters. The first-order valence-electron chi connectivity index (χ1n) is 11.9. The van der Waals surface area contributed by atoms with Crippen LogP contribution in [0, 0.1) is 25.2 Å². The molecule has 1 N–H and O–H groups in total. The van der Waals surface area contributed by atoms with Gasteiger partial charge in [-0.2, -0.15) is 39.5 Å². The number of aryl methyl sites for hydroxylation is 2. The van der Waals surface area contributed by atoms with Crippen molar-refractivity contribution in [3.05, 3.63) is 58.7 Å². The lowest BCUT2D eigenvalue weighted by molar-refractivity contribution is -0.150. The lowest BCUT2D eigenvalue weighted by atomic mass is 9.77. The zero-order valence-corrected chi connectivity index (χ0v) is 21.8. The molecular weight excluding hydrogens is 557 g/mol. The van der Waals surface area contributed by atoms with Crippen LogP contribution in [0.2, 0.25) is 0 Å². The molecule has 2 aromatic rings. The first-order valence-corrected chi connectivity index (χ1v) is 11.9. The summed E-state index contributed by atoms with van der Waals surface area (Å²) in [6.45, 7) is 2.04. The smallest absolute Gasteiger partial charge is 0.325 e. The predicted molar refractivity (Wildman–Crippen MR) is 128 cm³/mol. The average Bonchev–Trinajstić information content (AvgIpc) is 3.02. The number of nitrogens with zero attached hydrogens (tertiary/aromatic N) is 2. The number of alkyl halides is 9. The van der Waals surface area contributed by atoms with Crippen LogP contribution in [0.25, 0.3) is 0 Å². The minimum atomic E-state index is -5.19. The van der Waals surface area contributed by atoms with E-state index < -0.39 is 78.1 Å². The summed E-state index contributed by atoms with van der Waals surface area (Å²) in [6, 6.07) is 5.54. The maximum absolute atomic E-state index is 13.7. The van der Waals surface area contributed by atoms with Crippen molar-refractivity contribution >= 4 is 23.2 Å². The number of anilines is 2. The highest BCUT2D eigenvalue weighted by atomic mass is 19.4. The number of nitrogens with one attached hydrogen (secondary N) is 1. The Bertz CT molecular complexity index is 1240. The summed E-state index contributed by atoms with van der Waals surface area (Å²) in [5.41, 5.74) is -4.57. The van der Waals surface area contributed by atoms with Gasteiger partial charge in [0, 0.05) is 24.5 Å².